The number of H-pyrrole nitrogens is 1. The van der Waals surface area contributed by atoms with Gasteiger partial charge in [-0.15, -0.1) is 0 Å². The average Bonchev–Trinajstić information content (AvgIpc) is 3.44. The van der Waals surface area contributed by atoms with Gasteiger partial charge in [0.2, 0.25) is 5.88 Å². The molecular weight excluding hydrogens is 542 g/mol. The van der Waals surface area contributed by atoms with Crippen molar-refractivity contribution in [1.29, 1.82) is 0 Å². The number of aryl methyl sites for hydroxylation is 2. The number of ether oxygens (including phenoxy) is 1. The maximum atomic E-state index is 14.1. The fraction of sp³-hybridized carbons (Fsp3) is 0.324. The highest BCUT2D eigenvalue weighted by Crippen LogP contribution is 2.30. The maximum absolute atomic E-state index is 14.1. The third-order valence-electron chi connectivity index (χ3n) is 7.04. The second kappa shape index (κ2) is 12.6. The zero-order chi connectivity index (χ0) is 30.6. The molecule has 0 aliphatic rings. The summed E-state index contributed by atoms with van der Waals surface area (Å²) in [5.41, 5.74) is 5.73. The molecule has 0 amide bonds. The molecule has 0 fully saturated rings. The molecule has 0 saturated heterocycles. The van der Waals surface area contributed by atoms with E-state index >= 15 is 0 Å². The van der Waals surface area contributed by atoms with E-state index in [0.29, 0.717) is 48.2 Å². The van der Waals surface area contributed by atoms with Crippen LogP contribution in [0.1, 0.15) is 63.7 Å². The number of hydrogen-bond acceptors (Lipinski definition) is 7. The SMILES string of the molecule is CCCc1nc(CC)n(-c2ccc(OCC(C)(C)C)nc2)c(=O)c1Cc1ccc(-c2ccccc2-c2noc(=O)[nH]2)cc1. The Morgan fingerprint density at radius 3 is 2.30 bits per heavy atom. The largest absolute Gasteiger partial charge is 0.477 e. The predicted octanol–water partition coefficient (Wildman–Crippen LogP) is 6.17. The smallest absolute Gasteiger partial charge is 0.439 e. The Balaban J connectivity index is 1.48. The fourth-order valence-corrected chi connectivity index (χ4v) is 4.95. The van der Waals surface area contributed by atoms with Gasteiger partial charge in [0.25, 0.3) is 5.56 Å². The standard InChI is InChI=1S/C34H37N5O4/c1-6-10-28-27(32(40)39(29(7-2)36-28)24-17-18-30(35-20-24)42-21-34(3,4)5)19-22-13-15-23(16-14-22)25-11-8-9-12-26(25)31-37-33(41)43-38-31/h8-9,11-18,20H,6-7,10,19,21H2,1-5H3,(H,37,38,41). The number of aromatic nitrogens is 5. The number of rotatable bonds is 10. The van der Waals surface area contributed by atoms with Crippen molar-refractivity contribution in [3.63, 3.8) is 0 Å². The Morgan fingerprint density at radius 2 is 1.70 bits per heavy atom. The van der Waals surface area contributed by atoms with Crippen molar-refractivity contribution in [3.8, 4) is 34.1 Å². The molecule has 1 N–H and O–H groups in total. The van der Waals surface area contributed by atoms with Crippen LogP contribution in [-0.2, 0) is 19.3 Å². The average molecular weight is 580 g/mol. The molecule has 0 saturated carbocycles. The lowest BCUT2D eigenvalue weighted by atomic mass is 9.96. The van der Waals surface area contributed by atoms with Crippen molar-refractivity contribution in [2.24, 2.45) is 5.41 Å². The van der Waals surface area contributed by atoms with E-state index in [1.165, 1.54) is 0 Å². The Labute approximate surface area is 250 Å². The highest BCUT2D eigenvalue weighted by atomic mass is 16.5. The molecular formula is C34H37N5O4. The first-order valence-electron chi connectivity index (χ1n) is 14.6. The van der Waals surface area contributed by atoms with Gasteiger partial charge in [-0.05, 0) is 34.6 Å². The van der Waals surface area contributed by atoms with Gasteiger partial charge in [0.15, 0.2) is 5.82 Å². The summed E-state index contributed by atoms with van der Waals surface area (Å²) in [6.45, 7) is 11.0. The monoisotopic (exact) mass is 579 g/mol. The van der Waals surface area contributed by atoms with Crippen molar-refractivity contribution < 1.29 is 9.26 Å². The first kappa shape index (κ1) is 29.7. The van der Waals surface area contributed by atoms with Gasteiger partial charge < -0.3 is 4.74 Å². The summed E-state index contributed by atoms with van der Waals surface area (Å²) < 4.78 is 12.2. The lowest BCUT2D eigenvalue weighted by Gasteiger charge is -2.19. The molecule has 9 heteroatoms. The number of benzene rings is 2. The van der Waals surface area contributed by atoms with E-state index in [1.807, 2.05) is 61.5 Å². The first-order chi connectivity index (χ1) is 20.7. The van der Waals surface area contributed by atoms with Crippen molar-refractivity contribution >= 4 is 0 Å². The highest BCUT2D eigenvalue weighted by Gasteiger charge is 2.19. The van der Waals surface area contributed by atoms with Crippen LogP contribution < -0.4 is 16.1 Å². The van der Waals surface area contributed by atoms with Crippen LogP contribution in [0.2, 0.25) is 0 Å². The molecule has 0 unspecified atom stereocenters. The van der Waals surface area contributed by atoms with E-state index in [0.717, 1.165) is 40.8 Å². The van der Waals surface area contributed by atoms with Gasteiger partial charge in [-0.25, -0.2) is 14.8 Å². The Kier molecular flexibility index (Phi) is 8.71. The van der Waals surface area contributed by atoms with Crippen LogP contribution in [0.15, 0.2) is 81.0 Å². The predicted molar refractivity (Wildman–Crippen MR) is 167 cm³/mol. The van der Waals surface area contributed by atoms with Gasteiger partial charge in [0.1, 0.15) is 5.82 Å². The Bertz CT molecular complexity index is 1810. The summed E-state index contributed by atoms with van der Waals surface area (Å²) in [5, 5.41) is 3.85. The number of hydrogen-bond donors (Lipinski definition) is 1. The van der Waals surface area contributed by atoms with E-state index in [4.69, 9.17) is 14.2 Å². The van der Waals surface area contributed by atoms with E-state index in [2.05, 4.69) is 42.8 Å². The zero-order valence-corrected chi connectivity index (χ0v) is 25.3. The van der Waals surface area contributed by atoms with Gasteiger partial charge in [-0.1, -0.05) is 94.7 Å². The summed E-state index contributed by atoms with van der Waals surface area (Å²) in [7, 11) is 0. The van der Waals surface area contributed by atoms with Gasteiger partial charge in [0, 0.05) is 30.0 Å². The highest BCUT2D eigenvalue weighted by molar-refractivity contribution is 5.80. The maximum Gasteiger partial charge on any atom is 0.439 e. The van der Waals surface area contributed by atoms with E-state index in [-0.39, 0.29) is 11.0 Å². The van der Waals surface area contributed by atoms with Crippen LogP contribution in [0, 0.1) is 5.41 Å². The van der Waals surface area contributed by atoms with Crippen molar-refractivity contribution in [3.05, 3.63) is 110 Å². The van der Waals surface area contributed by atoms with Crippen molar-refractivity contribution in [2.45, 2.75) is 60.3 Å². The third kappa shape index (κ3) is 6.83. The van der Waals surface area contributed by atoms with E-state index < -0.39 is 5.76 Å². The first-order valence-corrected chi connectivity index (χ1v) is 14.6. The number of aromatic amines is 1. The van der Waals surface area contributed by atoms with Crippen LogP contribution in [0.3, 0.4) is 0 Å². The van der Waals surface area contributed by atoms with Crippen LogP contribution >= 0.6 is 0 Å². The Hall–Kier alpha value is -4.79. The lowest BCUT2D eigenvalue weighted by Crippen LogP contribution is -2.29. The van der Waals surface area contributed by atoms with Gasteiger partial charge in [-0.2, -0.15) is 0 Å². The minimum atomic E-state index is -0.600. The van der Waals surface area contributed by atoms with Crippen molar-refractivity contribution in [1.82, 2.24) is 24.7 Å². The fourth-order valence-electron chi connectivity index (χ4n) is 4.95. The summed E-state index contributed by atoms with van der Waals surface area (Å²) in [6, 6.07) is 19.4. The molecule has 222 valence electrons. The number of nitrogens with one attached hydrogen (secondary N) is 1. The second-order valence-electron chi connectivity index (χ2n) is 11.8. The van der Waals surface area contributed by atoms with Gasteiger partial charge in [-0.3, -0.25) is 18.9 Å². The minimum absolute atomic E-state index is 0.0134. The third-order valence-corrected chi connectivity index (χ3v) is 7.04. The van der Waals surface area contributed by atoms with Gasteiger partial charge in [0.05, 0.1) is 24.2 Å². The summed E-state index contributed by atoms with van der Waals surface area (Å²) in [5.74, 6) is 1.01. The minimum Gasteiger partial charge on any atom is -0.477 e. The molecule has 0 bridgehead atoms. The molecule has 5 rings (SSSR count). The molecule has 0 aliphatic heterocycles. The molecule has 3 aromatic heterocycles. The molecule has 9 nitrogen and oxygen atoms in total. The molecule has 0 atom stereocenters. The Morgan fingerprint density at radius 1 is 0.953 bits per heavy atom. The van der Waals surface area contributed by atoms with Gasteiger partial charge >= 0.3 is 5.76 Å². The molecule has 0 aliphatic carbocycles. The molecule has 0 spiro atoms. The van der Waals surface area contributed by atoms with Crippen LogP contribution in [-0.4, -0.2) is 31.3 Å². The molecule has 3 heterocycles. The van der Waals surface area contributed by atoms with Crippen molar-refractivity contribution in [2.75, 3.05) is 6.61 Å². The molecule has 43 heavy (non-hydrogen) atoms. The quantitative estimate of drug-likeness (QED) is 0.210. The molecule has 5 aromatic rings. The zero-order valence-electron chi connectivity index (χ0n) is 25.3. The molecule has 0 radical (unpaired) electrons. The summed E-state index contributed by atoms with van der Waals surface area (Å²) in [4.78, 5) is 37.7. The normalized spacial score (nSPS) is 11.6. The second-order valence-corrected chi connectivity index (χ2v) is 11.8. The number of pyridine rings is 1. The topological polar surface area (TPSA) is 116 Å². The van der Waals surface area contributed by atoms with E-state index in [9.17, 15) is 9.59 Å². The van der Waals surface area contributed by atoms with Crippen LogP contribution in [0.5, 0.6) is 5.88 Å². The van der Waals surface area contributed by atoms with Crippen LogP contribution in [0.25, 0.3) is 28.2 Å². The lowest BCUT2D eigenvalue weighted by molar-refractivity contribution is 0.191. The summed E-state index contributed by atoms with van der Waals surface area (Å²) in [6.07, 6.45) is 4.34. The summed E-state index contributed by atoms with van der Waals surface area (Å²) >= 11 is 0. The molecule has 2 aromatic carbocycles. The number of nitrogens with zero attached hydrogens (tertiary/aromatic N) is 4. The van der Waals surface area contributed by atoms with E-state index in [1.54, 1.807) is 16.8 Å². The van der Waals surface area contributed by atoms with Crippen LogP contribution in [0.4, 0.5) is 0 Å².